The van der Waals surface area contributed by atoms with E-state index in [1.165, 1.54) is 6.42 Å². The van der Waals surface area contributed by atoms with Crippen molar-refractivity contribution in [1.82, 2.24) is 5.32 Å². The topological polar surface area (TPSA) is 50.7 Å². The number of nitrogens with one attached hydrogen (secondary N) is 1. The smallest absolute Gasteiger partial charge is 0.160 e. The molecule has 126 valence electrons. The number of hydrogen-bond acceptors (Lipinski definition) is 4. The average molecular weight is 329 g/mol. The molecule has 0 saturated carbocycles. The van der Waals surface area contributed by atoms with Crippen LogP contribution in [0.2, 0.25) is 0 Å². The lowest BCUT2D eigenvalue weighted by Gasteiger charge is -2.35. The van der Waals surface area contributed by atoms with Gasteiger partial charge in [0.15, 0.2) is 11.5 Å². The Labute approximate surface area is 139 Å². The molecule has 2 N–H and O–H groups in total. The van der Waals surface area contributed by atoms with E-state index in [9.17, 15) is 5.11 Å². The molecule has 4 nitrogen and oxygen atoms in total. The highest BCUT2D eigenvalue weighted by molar-refractivity contribution is 5.41. The minimum atomic E-state index is 0. The highest BCUT2D eigenvalue weighted by Crippen LogP contribution is 2.30. The Morgan fingerprint density at radius 3 is 2.86 bits per heavy atom. The largest absolute Gasteiger partial charge is 1.00 e. The third-order valence-electron chi connectivity index (χ3n) is 4.10. The van der Waals surface area contributed by atoms with Gasteiger partial charge in [-0.1, -0.05) is 6.07 Å². The van der Waals surface area contributed by atoms with Crippen molar-refractivity contribution in [3.63, 3.8) is 0 Å². The van der Waals surface area contributed by atoms with Gasteiger partial charge in [-0.15, -0.1) is 0 Å². The molecule has 0 radical (unpaired) electrons. The Hall–Kier alpha value is -0.970. The van der Waals surface area contributed by atoms with E-state index < -0.39 is 0 Å². The number of ether oxygens (including phenoxy) is 2. The van der Waals surface area contributed by atoms with Crippen LogP contribution in [-0.2, 0) is 11.3 Å². The van der Waals surface area contributed by atoms with Gasteiger partial charge in [0.05, 0.1) is 12.7 Å². The van der Waals surface area contributed by atoms with Crippen molar-refractivity contribution < 1.29 is 27.0 Å². The predicted molar refractivity (Wildman–Crippen MR) is 83.7 cm³/mol. The second kappa shape index (κ2) is 8.61. The van der Waals surface area contributed by atoms with Gasteiger partial charge in [0.25, 0.3) is 0 Å². The van der Waals surface area contributed by atoms with Crippen molar-refractivity contribution in [3.8, 4) is 11.5 Å². The maximum Gasteiger partial charge on any atom is 0.160 e. The Morgan fingerprint density at radius 2 is 2.18 bits per heavy atom. The third-order valence-corrected chi connectivity index (χ3v) is 4.10. The van der Waals surface area contributed by atoms with Crippen LogP contribution in [0.25, 0.3) is 0 Å². The van der Waals surface area contributed by atoms with Gasteiger partial charge < -0.3 is 32.3 Å². The molecule has 5 heteroatoms. The van der Waals surface area contributed by atoms with Gasteiger partial charge in [0, 0.05) is 13.2 Å². The molecule has 1 fully saturated rings. The fourth-order valence-electron chi connectivity index (χ4n) is 2.98. The van der Waals surface area contributed by atoms with Gasteiger partial charge in [-0.05, 0) is 63.3 Å². The SMILES string of the molecule is COc1cc(CNCCC2CCOC(C)(C)C2)ccc1O.[Cl-]. The maximum absolute atomic E-state index is 9.57. The minimum Gasteiger partial charge on any atom is -1.00 e. The van der Waals surface area contributed by atoms with E-state index in [4.69, 9.17) is 9.47 Å². The molecule has 22 heavy (non-hydrogen) atoms. The van der Waals surface area contributed by atoms with Crippen LogP contribution >= 0.6 is 0 Å². The van der Waals surface area contributed by atoms with Crippen LogP contribution in [0.5, 0.6) is 11.5 Å². The summed E-state index contributed by atoms with van der Waals surface area (Å²) in [5.74, 6) is 1.46. The summed E-state index contributed by atoms with van der Waals surface area (Å²) < 4.78 is 10.9. The fourth-order valence-corrected chi connectivity index (χ4v) is 2.98. The standard InChI is InChI=1S/C17H27NO3.ClH/c1-17(2)11-13(7-9-21-17)6-8-18-12-14-4-5-15(19)16(10-14)20-3;/h4-5,10,13,18-19H,6-9,11-12H2,1-3H3;1H/p-1. The van der Waals surface area contributed by atoms with Crippen molar-refractivity contribution in [1.29, 1.82) is 0 Å². The van der Waals surface area contributed by atoms with E-state index in [2.05, 4.69) is 19.2 Å². The molecule has 1 aromatic carbocycles. The second-order valence-electron chi connectivity index (χ2n) is 6.44. The molecule has 1 unspecified atom stereocenters. The van der Waals surface area contributed by atoms with Crippen molar-refractivity contribution >= 4 is 0 Å². The molecular weight excluding hydrogens is 302 g/mol. The minimum absolute atomic E-state index is 0. The molecule has 1 saturated heterocycles. The zero-order valence-electron chi connectivity index (χ0n) is 13.7. The summed E-state index contributed by atoms with van der Waals surface area (Å²) >= 11 is 0. The van der Waals surface area contributed by atoms with Gasteiger partial charge >= 0.3 is 0 Å². The van der Waals surface area contributed by atoms with Crippen LogP contribution in [0.1, 0.15) is 38.7 Å². The number of hydrogen-bond donors (Lipinski definition) is 2. The van der Waals surface area contributed by atoms with E-state index in [-0.39, 0.29) is 23.8 Å². The van der Waals surface area contributed by atoms with Crippen LogP contribution in [0.4, 0.5) is 0 Å². The number of methoxy groups -OCH3 is 1. The molecule has 0 amide bonds. The summed E-state index contributed by atoms with van der Waals surface area (Å²) in [4.78, 5) is 0. The van der Waals surface area contributed by atoms with Crippen LogP contribution in [0.3, 0.4) is 0 Å². The lowest BCUT2D eigenvalue weighted by molar-refractivity contribution is -0.0733. The Morgan fingerprint density at radius 1 is 1.41 bits per heavy atom. The van der Waals surface area contributed by atoms with Crippen molar-refractivity contribution in [2.75, 3.05) is 20.3 Å². The first-order chi connectivity index (χ1) is 10.00. The first-order valence-electron chi connectivity index (χ1n) is 7.71. The molecule has 1 atom stereocenters. The number of phenolic OH excluding ortho intramolecular Hbond substituents is 1. The quantitative estimate of drug-likeness (QED) is 0.727. The summed E-state index contributed by atoms with van der Waals surface area (Å²) in [6.07, 6.45) is 3.49. The highest BCUT2D eigenvalue weighted by Gasteiger charge is 2.28. The maximum atomic E-state index is 9.57. The molecule has 2 rings (SSSR count). The predicted octanol–water partition coefficient (Wildman–Crippen LogP) is 0.0897. The monoisotopic (exact) mass is 328 g/mol. The van der Waals surface area contributed by atoms with Crippen molar-refractivity contribution in [3.05, 3.63) is 23.8 Å². The fraction of sp³-hybridized carbons (Fsp3) is 0.647. The molecule has 0 bridgehead atoms. The number of rotatable bonds is 6. The van der Waals surface area contributed by atoms with E-state index in [1.807, 2.05) is 12.1 Å². The van der Waals surface area contributed by atoms with Crippen LogP contribution < -0.4 is 22.5 Å². The van der Waals surface area contributed by atoms with Gasteiger partial charge in [0.1, 0.15) is 0 Å². The van der Waals surface area contributed by atoms with E-state index in [0.29, 0.717) is 5.75 Å². The van der Waals surface area contributed by atoms with Gasteiger partial charge in [-0.2, -0.15) is 0 Å². The van der Waals surface area contributed by atoms with Gasteiger partial charge in [-0.25, -0.2) is 0 Å². The van der Waals surface area contributed by atoms with Crippen LogP contribution in [0, 0.1) is 5.92 Å². The van der Waals surface area contributed by atoms with Gasteiger partial charge in [-0.3, -0.25) is 0 Å². The Balaban J connectivity index is 0.00000242. The summed E-state index contributed by atoms with van der Waals surface area (Å²) in [5, 5.41) is 13.0. The zero-order chi connectivity index (χ0) is 15.3. The molecule has 0 aliphatic carbocycles. The summed E-state index contributed by atoms with van der Waals surface area (Å²) in [6.45, 7) is 7.03. The van der Waals surface area contributed by atoms with E-state index in [1.54, 1.807) is 13.2 Å². The third kappa shape index (κ3) is 5.67. The van der Waals surface area contributed by atoms with Crippen LogP contribution in [0.15, 0.2) is 18.2 Å². The highest BCUT2D eigenvalue weighted by atomic mass is 35.5. The first kappa shape index (κ1) is 19.1. The lowest BCUT2D eigenvalue weighted by Crippen LogP contribution is -3.00. The Bertz CT molecular complexity index is 465. The summed E-state index contributed by atoms with van der Waals surface area (Å²) in [7, 11) is 1.57. The second-order valence-corrected chi connectivity index (χ2v) is 6.44. The number of aromatic hydroxyl groups is 1. The first-order valence-corrected chi connectivity index (χ1v) is 7.71. The normalized spacial score (nSPS) is 20.2. The van der Waals surface area contributed by atoms with E-state index >= 15 is 0 Å². The molecule has 0 spiro atoms. The summed E-state index contributed by atoms with van der Waals surface area (Å²) in [5.41, 5.74) is 1.16. The molecule has 0 aromatic heterocycles. The zero-order valence-corrected chi connectivity index (χ0v) is 14.4. The molecular formula is C17H27ClNO3-. The molecule has 1 aliphatic heterocycles. The van der Waals surface area contributed by atoms with Crippen molar-refractivity contribution in [2.45, 2.75) is 45.3 Å². The summed E-state index contributed by atoms with van der Waals surface area (Å²) in [6, 6.07) is 5.47. The van der Waals surface area contributed by atoms with Gasteiger partial charge in [0.2, 0.25) is 0 Å². The molecule has 1 aliphatic rings. The van der Waals surface area contributed by atoms with Crippen molar-refractivity contribution in [2.24, 2.45) is 5.92 Å². The van der Waals surface area contributed by atoms with E-state index in [0.717, 1.165) is 44.0 Å². The average Bonchev–Trinajstić information content (AvgIpc) is 2.44. The molecule has 1 heterocycles. The lowest BCUT2D eigenvalue weighted by atomic mass is 9.86. The molecule has 1 aromatic rings. The van der Waals surface area contributed by atoms with Crippen LogP contribution in [-0.4, -0.2) is 31.0 Å². The Kier molecular flexibility index (Phi) is 7.46. The number of benzene rings is 1. The number of halogens is 1. The number of phenols is 1.